The van der Waals surface area contributed by atoms with E-state index in [0.29, 0.717) is 16.6 Å². The Morgan fingerprint density at radius 1 is 1.37 bits per heavy atom. The first-order valence-corrected chi connectivity index (χ1v) is 6.82. The average Bonchev–Trinajstić information content (AvgIpc) is 2.88. The number of rotatable bonds is 3. The maximum atomic E-state index is 11.5. The normalized spacial score (nSPS) is 10.3. The van der Waals surface area contributed by atoms with Gasteiger partial charge in [0.25, 0.3) is 0 Å². The van der Waals surface area contributed by atoms with Crippen LogP contribution in [0.4, 0.5) is 9.93 Å². The van der Waals surface area contributed by atoms with Crippen molar-refractivity contribution in [1.82, 2.24) is 15.5 Å². The van der Waals surface area contributed by atoms with Crippen LogP contribution in [0.25, 0.3) is 0 Å². The number of aromatic nitrogens is 2. The molecule has 0 unspecified atom stereocenters. The number of carbonyl (C=O) groups is 1. The monoisotopic (exact) mass is 296 g/mol. The zero-order valence-electron chi connectivity index (χ0n) is 10.6. The molecule has 0 atom stereocenters. The van der Waals surface area contributed by atoms with Gasteiger partial charge in [-0.05, 0) is 17.7 Å². The van der Waals surface area contributed by atoms with Gasteiger partial charge in [-0.15, -0.1) is 10.2 Å². The zero-order valence-corrected chi connectivity index (χ0v) is 12.1. The molecule has 0 aliphatic carbocycles. The van der Waals surface area contributed by atoms with Crippen LogP contribution in [0.15, 0.2) is 24.3 Å². The van der Waals surface area contributed by atoms with Crippen LogP contribution in [0.2, 0.25) is 5.02 Å². The van der Waals surface area contributed by atoms with Crippen molar-refractivity contribution < 1.29 is 4.79 Å². The number of carbonyl (C=O) groups excluding carboxylic acids is 1. The van der Waals surface area contributed by atoms with Crippen LogP contribution in [0.3, 0.4) is 0 Å². The second-order valence-electron chi connectivity index (χ2n) is 3.90. The van der Waals surface area contributed by atoms with Crippen molar-refractivity contribution in [2.45, 2.75) is 6.42 Å². The Balaban J connectivity index is 2.09. The summed E-state index contributed by atoms with van der Waals surface area (Å²) in [5.41, 5.74) is 1.11. The number of hydrogen-bond acceptors (Lipinski definition) is 4. The fourth-order valence-corrected chi connectivity index (χ4v) is 2.44. The van der Waals surface area contributed by atoms with E-state index < -0.39 is 0 Å². The molecule has 19 heavy (non-hydrogen) atoms. The van der Waals surface area contributed by atoms with Gasteiger partial charge in [0, 0.05) is 25.5 Å². The van der Waals surface area contributed by atoms with Gasteiger partial charge in [0.15, 0.2) is 0 Å². The molecule has 1 aromatic carbocycles. The number of hydrogen-bond donors (Lipinski definition) is 1. The molecule has 1 heterocycles. The highest BCUT2D eigenvalue weighted by Gasteiger charge is 2.14. The van der Waals surface area contributed by atoms with Gasteiger partial charge in [0.2, 0.25) is 5.13 Å². The predicted molar refractivity (Wildman–Crippen MR) is 77.0 cm³/mol. The maximum Gasteiger partial charge on any atom is 0.323 e. The Morgan fingerprint density at radius 2 is 2.05 bits per heavy atom. The molecule has 0 aliphatic rings. The molecule has 0 spiro atoms. The largest absolute Gasteiger partial charge is 0.341 e. The lowest BCUT2D eigenvalue weighted by atomic mass is 10.2. The fourth-order valence-electron chi connectivity index (χ4n) is 1.48. The van der Waals surface area contributed by atoms with Crippen LogP contribution in [-0.4, -0.2) is 30.3 Å². The molecule has 0 radical (unpaired) electrons. The number of anilines is 1. The van der Waals surface area contributed by atoms with E-state index in [2.05, 4.69) is 15.5 Å². The van der Waals surface area contributed by atoms with Crippen molar-refractivity contribution in [1.29, 1.82) is 0 Å². The van der Waals surface area contributed by atoms with E-state index in [4.69, 9.17) is 11.6 Å². The standard InChI is InChI=1S/C12H13ClN4OS/c1-14-11(18)17(2)12-16-15-10(19-12)7-8-3-5-9(13)6-4-8/h3-6H,7H2,1-2H3,(H,14,18). The lowest BCUT2D eigenvalue weighted by Crippen LogP contribution is -2.34. The number of nitrogens with one attached hydrogen (secondary N) is 1. The van der Waals surface area contributed by atoms with Gasteiger partial charge in [0.1, 0.15) is 5.01 Å². The molecule has 0 aliphatic heterocycles. The molecular formula is C12H13ClN4OS. The van der Waals surface area contributed by atoms with E-state index >= 15 is 0 Å². The summed E-state index contributed by atoms with van der Waals surface area (Å²) in [5.74, 6) is 0. The Hall–Kier alpha value is -1.66. The van der Waals surface area contributed by atoms with Crippen molar-refractivity contribution in [2.24, 2.45) is 0 Å². The van der Waals surface area contributed by atoms with Crippen LogP contribution < -0.4 is 10.2 Å². The minimum absolute atomic E-state index is 0.214. The second kappa shape index (κ2) is 5.99. The Bertz CT molecular complexity index is 569. The van der Waals surface area contributed by atoms with Crippen molar-refractivity contribution in [3.63, 3.8) is 0 Å². The topological polar surface area (TPSA) is 58.1 Å². The Labute approximate surface area is 120 Å². The first-order chi connectivity index (χ1) is 9.10. The van der Waals surface area contributed by atoms with Gasteiger partial charge in [-0.3, -0.25) is 4.90 Å². The van der Waals surface area contributed by atoms with Gasteiger partial charge in [-0.1, -0.05) is 35.1 Å². The third kappa shape index (κ3) is 3.42. The predicted octanol–water partition coefficient (Wildman–Crippen LogP) is 2.56. The summed E-state index contributed by atoms with van der Waals surface area (Å²) in [6.45, 7) is 0. The van der Waals surface area contributed by atoms with E-state index in [1.54, 1.807) is 14.1 Å². The quantitative estimate of drug-likeness (QED) is 0.947. The summed E-state index contributed by atoms with van der Waals surface area (Å²) in [7, 11) is 3.24. The summed E-state index contributed by atoms with van der Waals surface area (Å²) in [6.07, 6.45) is 0.677. The molecular weight excluding hydrogens is 284 g/mol. The molecule has 0 bridgehead atoms. The Morgan fingerprint density at radius 3 is 2.68 bits per heavy atom. The van der Waals surface area contributed by atoms with Crippen molar-refractivity contribution in [3.05, 3.63) is 39.9 Å². The molecule has 5 nitrogen and oxygen atoms in total. The van der Waals surface area contributed by atoms with Gasteiger partial charge >= 0.3 is 6.03 Å². The summed E-state index contributed by atoms with van der Waals surface area (Å²) < 4.78 is 0. The highest BCUT2D eigenvalue weighted by atomic mass is 35.5. The summed E-state index contributed by atoms with van der Waals surface area (Å²) >= 11 is 7.23. The molecule has 100 valence electrons. The van der Waals surface area contributed by atoms with Crippen molar-refractivity contribution in [2.75, 3.05) is 19.0 Å². The SMILES string of the molecule is CNC(=O)N(C)c1nnc(Cc2ccc(Cl)cc2)s1. The minimum Gasteiger partial charge on any atom is -0.341 e. The molecule has 7 heteroatoms. The maximum absolute atomic E-state index is 11.5. The molecule has 1 N–H and O–H groups in total. The van der Waals surface area contributed by atoms with E-state index in [1.165, 1.54) is 16.2 Å². The number of benzene rings is 1. The highest BCUT2D eigenvalue weighted by molar-refractivity contribution is 7.15. The summed E-state index contributed by atoms with van der Waals surface area (Å²) in [6, 6.07) is 7.37. The van der Waals surface area contributed by atoms with Crippen LogP contribution in [-0.2, 0) is 6.42 Å². The van der Waals surface area contributed by atoms with Gasteiger partial charge in [-0.25, -0.2) is 4.79 Å². The lowest BCUT2D eigenvalue weighted by molar-refractivity contribution is 0.249. The van der Waals surface area contributed by atoms with Crippen LogP contribution in [0, 0.1) is 0 Å². The van der Waals surface area contributed by atoms with Crippen LogP contribution in [0.5, 0.6) is 0 Å². The fraction of sp³-hybridized carbons (Fsp3) is 0.250. The number of amides is 2. The smallest absolute Gasteiger partial charge is 0.323 e. The average molecular weight is 297 g/mol. The minimum atomic E-state index is -0.214. The highest BCUT2D eigenvalue weighted by Crippen LogP contribution is 2.22. The van der Waals surface area contributed by atoms with E-state index in [1.807, 2.05) is 24.3 Å². The molecule has 0 saturated heterocycles. The molecule has 2 amide bonds. The third-order valence-corrected chi connectivity index (χ3v) is 3.78. The van der Waals surface area contributed by atoms with Crippen LogP contribution in [0.1, 0.15) is 10.6 Å². The van der Waals surface area contributed by atoms with Gasteiger partial charge in [-0.2, -0.15) is 0 Å². The van der Waals surface area contributed by atoms with Gasteiger partial charge < -0.3 is 5.32 Å². The van der Waals surface area contributed by atoms with Crippen LogP contribution >= 0.6 is 22.9 Å². The van der Waals surface area contributed by atoms with E-state index in [0.717, 1.165) is 10.6 Å². The van der Waals surface area contributed by atoms with E-state index in [9.17, 15) is 4.79 Å². The molecule has 2 rings (SSSR count). The molecule has 1 aromatic heterocycles. The number of nitrogens with zero attached hydrogens (tertiary/aromatic N) is 3. The lowest BCUT2D eigenvalue weighted by Gasteiger charge is -2.11. The number of urea groups is 1. The second-order valence-corrected chi connectivity index (χ2v) is 5.37. The first kappa shape index (κ1) is 13.8. The molecule has 0 saturated carbocycles. The van der Waals surface area contributed by atoms with Crippen molar-refractivity contribution >= 4 is 34.1 Å². The van der Waals surface area contributed by atoms with Gasteiger partial charge in [0.05, 0.1) is 0 Å². The number of halogens is 1. The third-order valence-electron chi connectivity index (χ3n) is 2.53. The molecule has 0 fully saturated rings. The summed E-state index contributed by atoms with van der Waals surface area (Å²) in [5, 5.41) is 12.8. The summed E-state index contributed by atoms with van der Waals surface area (Å²) in [4.78, 5) is 12.9. The van der Waals surface area contributed by atoms with E-state index in [-0.39, 0.29) is 6.03 Å². The first-order valence-electron chi connectivity index (χ1n) is 5.62. The Kier molecular flexibility index (Phi) is 4.34. The zero-order chi connectivity index (χ0) is 13.8. The molecule has 2 aromatic rings. The van der Waals surface area contributed by atoms with Crippen molar-refractivity contribution in [3.8, 4) is 0 Å².